The Morgan fingerprint density at radius 1 is 0.927 bits per heavy atom. The number of aromatic nitrogens is 2. The maximum Gasteiger partial charge on any atom is 0.409 e. The Hall–Kier alpha value is -4.54. The van der Waals surface area contributed by atoms with Gasteiger partial charge in [0.2, 0.25) is 5.91 Å². The molecule has 1 aliphatic rings. The van der Waals surface area contributed by atoms with E-state index in [0.29, 0.717) is 68.7 Å². The highest BCUT2D eigenvalue weighted by atomic mass is 16.6. The standard InChI is InChI=1S/C30H37N5O6/c1-5-39-25-10-12-26(13-11-25)41-20-23-8-7-9-24(18-23)28(36)31-27-19-35(32-21(27)3)22(4)29(37)33-14-16-34(17-15-33)30(38)40-6-2/h7-13,18-19,22H,5-6,14-17,20H2,1-4H3,(H,31,36). The summed E-state index contributed by atoms with van der Waals surface area (Å²) in [7, 11) is 0. The zero-order valence-electron chi connectivity index (χ0n) is 24.0. The molecular formula is C30H37N5O6. The first-order valence-corrected chi connectivity index (χ1v) is 13.8. The molecule has 41 heavy (non-hydrogen) atoms. The second-order valence-corrected chi connectivity index (χ2v) is 9.64. The van der Waals surface area contributed by atoms with Gasteiger partial charge in [-0.15, -0.1) is 0 Å². The number of hydrogen-bond donors (Lipinski definition) is 1. The molecule has 2 heterocycles. The zero-order valence-corrected chi connectivity index (χ0v) is 24.0. The van der Waals surface area contributed by atoms with E-state index < -0.39 is 6.04 Å². The molecule has 11 nitrogen and oxygen atoms in total. The minimum atomic E-state index is -0.573. The highest BCUT2D eigenvalue weighted by Gasteiger charge is 2.29. The van der Waals surface area contributed by atoms with Crippen LogP contribution in [0.25, 0.3) is 0 Å². The summed E-state index contributed by atoms with van der Waals surface area (Å²) in [6.45, 7) is 10.1. The first-order valence-electron chi connectivity index (χ1n) is 13.8. The van der Waals surface area contributed by atoms with Crippen molar-refractivity contribution in [3.8, 4) is 11.5 Å². The molecule has 11 heteroatoms. The first kappa shape index (κ1) is 29.4. The van der Waals surface area contributed by atoms with Gasteiger partial charge < -0.3 is 29.3 Å². The monoisotopic (exact) mass is 563 g/mol. The molecule has 1 fully saturated rings. The first-order chi connectivity index (χ1) is 19.8. The summed E-state index contributed by atoms with van der Waals surface area (Å²) >= 11 is 0. The van der Waals surface area contributed by atoms with E-state index >= 15 is 0 Å². The van der Waals surface area contributed by atoms with Crippen LogP contribution < -0.4 is 14.8 Å². The minimum Gasteiger partial charge on any atom is -0.494 e. The van der Waals surface area contributed by atoms with Gasteiger partial charge in [0.05, 0.1) is 24.6 Å². The van der Waals surface area contributed by atoms with Gasteiger partial charge in [-0.3, -0.25) is 14.3 Å². The lowest BCUT2D eigenvalue weighted by Gasteiger charge is -2.35. The third-order valence-electron chi connectivity index (χ3n) is 6.77. The van der Waals surface area contributed by atoms with E-state index in [4.69, 9.17) is 14.2 Å². The van der Waals surface area contributed by atoms with Gasteiger partial charge in [-0.25, -0.2) is 4.79 Å². The van der Waals surface area contributed by atoms with E-state index in [1.165, 1.54) is 0 Å². The number of ether oxygens (including phenoxy) is 3. The molecule has 2 aromatic carbocycles. The van der Waals surface area contributed by atoms with Crippen LogP contribution in [0.1, 0.15) is 48.4 Å². The summed E-state index contributed by atoms with van der Waals surface area (Å²) in [5, 5.41) is 7.39. The summed E-state index contributed by atoms with van der Waals surface area (Å²) in [6, 6.07) is 14.0. The average Bonchev–Trinajstić information content (AvgIpc) is 3.36. The van der Waals surface area contributed by atoms with Crippen LogP contribution >= 0.6 is 0 Å². The van der Waals surface area contributed by atoms with Crippen LogP contribution in [0.15, 0.2) is 54.7 Å². The van der Waals surface area contributed by atoms with Crippen LogP contribution in [-0.2, 0) is 16.1 Å². The average molecular weight is 564 g/mol. The predicted octanol–water partition coefficient (Wildman–Crippen LogP) is 4.28. The van der Waals surface area contributed by atoms with Gasteiger partial charge in [0.15, 0.2) is 0 Å². The summed E-state index contributed by atoms with van der Waals surface area (Å²) in [5.41, 5.74) is 2.45. The Morgan fingerprint density at radius 3 is 2.24 bits per heavy atom. The number of carbonyl (C=O) groups excluding carboxylic acids is 3. The summed E-state index contributed by atoms with van der Waals surface area (Å²) in [5.74, 6) is 1.10. The van der Waals surface area contributed by atoms with Crippen molar-refractivity contribution in [1.82, 2.24) is 19.6 Å². The van der Waals surface area contributed by atoms with Crippen LogP contribution in [0.4, 0.5) is 10.5 Å². The molecule has 3 amide bonds. The van der Waals surface area contributed by atoms with Gasteiger partial charge in [-0.05, 0) is 69.7 Å². The van der Waals surface area contributed by atoms with Gasteiger partial charge in [0.1, 0.15) is 24.1 Å². The second kappa shape index (κ2) is 13.7. The molecule has 1 aliphatic heterocycles. The van der Waals surface area contributed by atoms with Gasteiger partial charge in [-0.2, -0.15) is 5.10 Å². The van der Waals surface area contributed by atoms with Crippen LogP contribution in [0.5, 0.6) is 11.5 Å². The van der Waals surface area contributed by atoms with Gasteiger partial charge in [-0.1, -0.05) is 12.1 Å². The van der Waals surface area contributed by atoms with Crippen molar-refractivity contribution in [1.29, 1.82) is 0 Å². The second-order valence-electron chi connectivity index (χ2n) is 9.64. The lowest BCUT2D eigenvalue weighted by Crippen LogP contribution is -2.52. The molecule has 1 atom stereocenters. The van der Waals surface area contributed by atoms with E-state index in [-0.39, 0.29) is 17.9 Å². The molecule has 0 spiro atoms. The van der Waals surface area contributed by atoms with Crippen molar-refractivity contribution in [2.24, 2.45) is 0 Å². The maximum absolute atomic E-state index is 13.1. The smallest absolute Gasteiger partial charge is 0.409 e. The predicted molar refractivity (Wildman–Crippen MR) is 153 cm³/mol. The number of piperazine rings is 1. The summed E-state index contributed by atoms with van der Waals surface area (Å²) in [6.07, 6.45) is 1.31. The molecule has 1 unspecified atom stereocenters. The van der Waals surface area contributed by atoms with Gasteiger partial charge >= 0.3 is 6.09 Å². The molecule has 218 valence electrons. The van der Waals surface area contributed by atoms with Crippen LogP contribution in [-0.4, -0.2) is 76.9 Å². The highest BCUT2D eigenvalue weighted by molar-refractivity contribution is 6.04. The van der Waals surface area contributed by atoms with E-state index in [1.54, 1.807) is 53.6 Å². The Labute approximate surface area is 240 Å². The summed E-state index contributed by atoms with van der Waals surface area (Å²) in [4.78, 5) is 41.5. The van der Waals surface area contributed by atoms with Crippen molar-refractivity contribution in [2.75, 3.05) is 44.7 Å². The maximum atomic E-state index is 13.1. The zero-order chi connectivity index (χ0) is 29.4. The molecular weight excluding hydrogens is 526 g/mol. The van der Waals surface area contributed by atoms with E-state index in [2.05, 4.69) is 10.4 Å². The molecule has 0 bridgehead atoms. The minimum absolute atomic E-state index is 0.103. The Kier molecular flexibility index (Phi) is 9.83. The van der Waals surface area contributed by atoms with Crippen LogP contribution in [0.3, 0.4) is 0 Å². The fourth-order valence-electron chi connectivity index (χ4n) is 4.47. The highest BCUT2D eigenvalue weighted by Crippen LogP contribution is 2.21. The van der Waals surface area contributed by atoms with Crippen molar-refractivity contribution in [3.05, 3.63) is 71.5 Å². The van der Waals surface area contributed by atoms with Gasteiger partial charge in [0.25, 0.3) is 5.91 Å². The van der Waals surface area contributed by atoms with Gasteiger partial charge in [0, 0.05) is 37.9 Å². The molecule has 1 saturated heterocycles. The quantitative estimate of drug-likeness (QED) is 0.391. The number of hydrogen-bond acceptors (Lipinski definition) is 7. The van der Waals surface area contributed by atoms with Crippen molar-refractivity contribution >= 4 is 23.6 Å². The van der Waals surface area contributed by atoms with Crippen molar-refractivity contribution in [2.45, 2.75) is 40.3 Å². The third kappa shape index (κ3) is 7.56. The van der Waals surface area contributed by atoms with Crippen LogP contribution in [0.2, 0.25) is 0 Å². The molecule has 0 radical (unpaired) electrons. The normalized spacial score (nSPS) is 13.9. The van der Waals surface area contributed by atoms with Crippen LogP contribution in [0, 0.1) is 6.92 Å². The SMILES string of the molecule is CCOC(=O)N1CCN(C(=O)C(C)n2cc(NC(=O)c3cccc(COc4ccc(OCC)cc4)c3)c(C)n2)CC1. The number of nitrogens with one attached hydrogen (secondary N) is 1. The molecule has 1 aromatic heterocycles. The lowest BCUT2D eigenvalue weighted by atomic mass is 10.1. The number of amides is 3. The Morgan fingerprint density at radius 2 is 1.59 bits per heavy atom. The Balaban J connectivity index is 1.33. The fraction of sp³-hybridized carbons (Fsp3) is 0.400. The molecule has 1 N–H and O–H groups in total. The fourth-order valence-corrected chi connectivity index (χ4v) is 4.47. The van der Waals surface area contributed by atoms with E-state index in [0.717, 1.165) is 11.3 Å². The third-order valence-corrected chi connectivity index (χ3v) is 6.77. The van der Waals surface area contributed by atoms with E-state index in [1.807, 2.05) is 43.3 Å². The Bertz CT molecular complexity index is 1350. The lowest BCUT2D eigenvalue weighted by molar-refractivity contribution is -0.136. The van der Waals surface area contributed by atoms with Crippen molar-refractivity contribution in [3.63, 3.8) is 0 Å². The summed E-state index contributed by atoms with van der Waals surface area (Å²) < 4.78 is 17.9. The van der Waals surface area contributed by atoms with Crippen molar-refractivity contribution < 1.29 is 28.6 Å². The number of carbonyl (C=O) groups is 3. The number of nitrogens with zero attached hydrogens (tertiary/aromatic N) is 4. The molecule has 3 aromatic rings. The number of benzene rings is 2. The molecule has 4 rings (SSSR count). The molecule has 0 aliphatic carbocycles. The number of aryl methyl sites for hydroxylation is 1. The van der Waals surface area contributed by atoms with E-state index in [9.17, 15) is 14.4 Å². The molecule has 0 saturated carbocycles. The number of rotatable bonds is 10. The topological polar surface area (TPSA) is 115 Å². The largest absolute Gasteiger partial charge is 0.494 e. The number of anilines is 1.